The Kier molecular flexibility index (Phi) is 2.35. The molecule has 1 N–H and O–H groups in total. The second-order valence-electron chi connectivity index (χ2n) is 4.25. The highest BCUT2D eigenvalue weighted by molar-refractivity contribution is 4.75. The van der Waals surface area contributed by atoms with Crippen molar-refractivity contribution < 1.29 is 5.11 Å². The van der Waals surface area contributed by atoms with E-state index >= 15 is 0 Å². The van der Waals surface area contributed by atoms with E-state index < -0.39 is 0 Å². The first kappa shape index (κ1) is 8.06. The molecule has 0 radical (unpaired) electrons. The molecule has 0 spiro atoms. The average Bonchev–Trinajstić information content (AvgIpc) is 1.94. The van der Waals surface area contributed by atoms with E-state index in [0.717, 1.165) is 12.8 Å². The third-order valence-corrected chi connectivity index (χ3v) is 2.55. The molecule has 1 unspecified atom stereocenters. The molecule has 0 amide bonds. The number of hydrogen-bond donors (Lipinski definition) is 1. The van der Waals surface area contributed by atoms with Crippen molar-refractivity contribution in [2.75, 3.05) is 0 Å². The van der Waals surface area contributed by atoms with E-state index in [1.54, 1.807) is 0 Å². The highest BCUT2D eigenvalue weighted by Gasteiger charge is 2.22. The van der Waals surface area contributed by atoms with Crippen LogP contribution in [0.15, 0.2) is 0 Å². The standard InChI is InChI=1S/C9H18O/c1-9(2)6-3-4-8(10)5-7-9/h8,10H,3-7H2,1-2H3. The summed E-state index contributed by atoms with van der Waals surface area (Å²) < 4.78 is 0. The van der Waals surface area contributed by atoms with Gasteiger partial charge in [0.2, 0.25) is 0 Å². The molecule has 0 heterocycles. The Labute approximate surface area is 63.4 Å². The van der Waals surface area contributed by atoms with Gasteiger partial charge in [0.25, 0.3) is 0 Å². The topological polar surface area (TPSA) is 20.2 Å². The van der Waals surface area contributed by atoms with Crippen LogP contribution in [0.5, 0.6) is 0 Å². The Morgan fingerprint density at radius 1 is 1.20 bits per heavy atom. The molecular formula is C9H18O. The molecule has 0 aromatic rings. The van der Waals surface area contributed by atoms with Crippen LogP contribution in [0.25, 0.3) is 0 Å². The lowest BCUT2D eigenvalue weighted by Gasteiger charge is -2.21. The molecule has 0 aliphatic heterocycles. The zero-order valence-electron chi connectivity index (χ0n) is 7.06. The summed E-state index contributed by atoms with van der Waals surface area (Å²) >= 11 is 0. The van der Waals surface area contributed by atoms with E-state index in [1.807, 2.05) is 0 Å². The molecular weight excluding hydrogens is 124 g/mol. The largest absolute Gasteiger partial charge is 0.393 e. The lowest BCUT2D eigenvalue weighted by Crippen LogP contribution is -2.10. The minimum absolute atomic E-state index is 0.0122. The highest BCUT2D eigenvalue weighted by atomic mass is 16.3. The van der Waals surface area contributed by atoms with Crippen LogP contribution in [0.4, 0.5) is 0 Å². The van der Waals surface area contributed by atoms with Crippen LogP contribution in [0.3, 0.4) is 0 Å². The molecule has 1 atom stereocenters. The fraction of sp³-hybridized carbons (Fsp3) is 1.00. The van der Waals surface area contributed by atoms with Gasteiger partial charge in [-0.25, -0.2) is 0 Å². The van der Waals surface area contributed by atoms with Crippen molar-refractivity contribution in [3.8, 4) is 0 Å². The Balaban J connectivity index is 2.41. The Bertz CT molecular complexity index is 107. The summed E-state index contributed by atoms with van der Waals surface area (Å²) in [7, 11) is 0. The molecule has 0 aromatic carbocycles. The maximum atomic E-state index is 9.32. The van der Waals surface area contributed by atoms with Crippen molar-refractivity contribution in [3.63, 3.8) is 0 Å². The van der Waals surface area contributed by atoms with Gasteiger partial charge in [-0.2, -0.15) is 0 Å². The maximum absolute atomic E-state index is 9.32. The molecule has 10 heavy (non-hydrogen) atoms. The molecule has 1 rings (SSSR count). The molecule has 1 aliphatic rings. The Morgan fingerprint density at radius 3 is 2.60 bits per heavy atom. The van der Waals surface area contributed by atoms with Gasteiger partial charge in [-0.15, -0.1) is 0 Å². The fourth-order valence-electron chi connectivity index (χ4n) is 1.64. The quantitative estimate of drug-likeness (QED) is 0.515. The van der Waals surface area contributed by atoms with Crippen LogP contribution in [-0.4, -0.2) is 11.2 Å². The van der Waals surface area contributed by atoms with Crippen molar-refractivity contribution in [1.82, 2.24) is 0 Å². The average molecular weight is 142 g/mol. The number of hydrogen-bond acceptors (Lipinski definition) is 1. The molecule has 0 saturated heterocycles. The van der Waals surface area contributed by atoms with Gasteiger partial charge in [0.15, 0.2) is 0 Å². The molecule has 60 valence electrons. The zero-order valence-corrected chi connectivity index (χ0v) is 7.06. The SMILES string of the molecule is CC1(C)CCCC(O)CC1. The highest BCUT2D eigenvalue weighted by Crippen LogP contribution is 2.33. The first-order chi connectivity index (χ1) is 4.60. The van der Waals surface area contributed by atoms with Crippen molar-refractivity contribution >= 4 is 0 Å². The van der Waals surface area contributed by atoms with Crippen LogP contribution < -0.4 is 0 Å². The van der Waals surface area contributed by atoms with E-state index in [4.69, 9.17) is 0 Å². The molecule has 0 aromatic heterocycles. The van der Waals surface area contributed by atoms with Crippen LogP contribution in [-0.2, 0) is 0 Å². The van der Waals surface area contributed by atoms with Gasteiger partial charge in [-0.3, -0.25) is 0 Å². The predicted octanol–water partition coefficient (Wildman–Crippen LogP) is 2.34. The summed E-state index contributed by atoms with van der Waals surface area (Å²) in [6.45, 7) is 4.59. The van der Waals surface area contributed by atoms with Gasteiger partial charge in [0.1, 0.15) is 0 Å². The number of aliphatic hydroxyl groups is 1. The maximum Gasteiger partial charge on any atom is 0.0540 e. The van der Waals surface area contributed by atoms with Crippen molar-refractivity contribution in [2.24, 2.45) is 5.41 Å². The first-order valence-corrected chi connectivity index (χ1v) is 4.28. The monoisotopic (exact) mass is 142 g/mol. The van der Waals surface area contributed by atoms with E-state index in [0.29, 0.717) is 5.41 Å². The molecule has 1 nitrogen and oxygen atoms in total. The first-order valence-electron chi connectivity index (χ1n) is 4.28. The molecule has 1 heteroatoms. The van der Waals surface area contributed by atoms with Crippen molar-refractivity contribution in [2.45, 2.75) is 52.1 Å². The van der Waals surface area contributed by atoms with E-state index in [-0.39, 0.29) is 6.10 Å². The summed E-state index contributed by atoms with van der Waals surface area (Å²) in [5, 5.41) is 9.32. The van der Waals surface area contributed by atoms with E-state index in [9.17, 15) is 5.11 Å². The van der Waals surface area contributed by atoms with E-state index in [2.05, 4.69) is 13.8 Å². The van der Waals surface area contributed by atoms with Crippen LogP contribution >= 0.6 is 0 Å². The number of aliphatic hydroxyl groups excluding tert-OH is 1. The van der Waals surface area contributed by atoms with Crippen molar-refractivity contribution in [1.29, 1.82) is 0 Å². The molecule has 0 bridgehead atoms. The lowest BCUT2D eigenvalue weighted by atomic mass is 9.85. The van der Waals surface area contributed by atoms with Crippen molar-refractivity contribution in [3.05, 3.63) is 0 Å². The molecule has 1 saturated carbocycles. The fourth-order valence-corrected chi connectivity index (χ4v) is 1.64. The smallest absolute Gasteiger partial charge is 0.0540 e. The van der Waals surface area contributed by atoms with Gasteiger partial charge >= 0.3 is 0 Å². The number of rotatable bonds is 0. The van der Waals surface area contributed by atoms with Gasteiger partial charge in [-0.1, -0.05) is 20.3 Å². The Morgan fingerprint density at radius 2 is 1.90 bits per heavy atom. The summed E-state index contributed by atoms with van der Waals surface area (Å²) in [6.07, 6.45) is 5.68. The lowest BCUT2D eigenvalue weighted by molar-refractivity contribution is 0.152. The Hall–Kier alpha value is -0.0400. The minimum Gasteiger partial charge on any atom is -0.393 e. The minimum atomic E-state index is -0.0122. The van der Waals surface area contributed by atoms with Crippen LogP contribution in [0, 0.1) is 5.41 Å². The second kappa shape index (κ2) is 2.91. The summed E-state index contributed by atoms with van der Waals surface area (Å²) in [5.74, 6) is 0. The van der Waals surface area contributed by atoms with Crippen LogP contribution in [0.2, 0.25) is 0 Å². The van der Waals surface area contributed by atoms with Gasteiger partial charge in [-0.05, 0) is 31.1 Å². The molecule has 1 fully saturated rings. The second-order valence-corrected chi connectivity index (χ2v) is 4.25. The summed E-state index contributed by atoms with van der Waals surface area (Å²) in [6, 6.07) is 0. The third-order valence-electron chi connectivity index (χ3n) is 2.55. The normalized spacial score (nSPS) is 33.3. The molecule has 1 aliphatic carbocycles. The summed E-state index contributed by atoms with van der Waals surface area (Å²) in [4.78, 5) is 0. The van der Waals surface area contributed by atoms with Gasteiger partial charge < -0.3 is 5.11 Å². The van der Waals surface area contributed by atoms with E-state index in [1.165, 1.54) is 19.3 Å². The van der Waals surface area contributed by atoms with Gasteiger partial charge in [0, 0.05) is 0 Å². The predicted molar refractivity (Wildman–Crippen MR) is 42.9 cm³/mol. The zero-order chi connectivity index (χ0) is 7.61. The van der Waals surface area contributed by atoms with Crippen LogP contribution in [0.1, 0.15) is 46.0 Å². The summed E-state index contributed by atoms with van der Waals surface area (Å²) in [5.41, 5.74) is 0.484. The van der Waals surface area contributed by atoms with Gasteiger partial charge in [0.05, 0.1) is 6.10 Å². The third kappa shape index (κ3) is 2.30.